The maximum atomic E-state index is 15.8. The van der Waals surface area contributed by atoms with E-state index in [9.17, 15) is 27.2 Å². The predicted molar refractivity (Wildman–Crippen MR) is 158 cm³/mol. The summed E-state index contributed by atoms with van der Waals surface area (Å²) in [7, 11) is 0. The van der Waals surface area contributed by atoms with Crippen LogP contribution in [-0.2, 0) is 10.9 Å². The number of amides is 3. The number of para-hydroxylation sites is 1. The molecule has 1 fully saturated rings. The number of anilines is 1. The predicted octanol–water partition coefficient (Wildman–Crippen LogP) is 8.22. The van der Waals surface area contributed by atoms with Gasteiger partial charge in [-0.15, -0.1) is 0 Å². The molecule has 0 bridgehead atoms. The highest BCUT2D eigenvalue weighted by Crippen LogP contribution is 2.35. The van der Waals surface area contributed by atoms with Gasteiger partial charge in [0.05, 0.1) is 16.8 Å². The number of amidine groups is 1. The molecule has 1 atom stereocenters. The first-order chi connectivity index (χ1) is 20.5. The SMILES string of the molecule is CC1CN(C(=O)OC(C)(C)C)CCN1/C(=N\C(=O)Nc1ccccc1C(F)(F)F)c1cc(Cl)c(-c2ccccc2F)cc1F. The maximum absolute atomic E-state index is 15.8. The lowest BCUT2D eigenvalue weighted by molar-refractivity contribution is -0.136. The number of alkyl halides is 3. The monoisotopic (exact) mass is 636 g/mol. The second-order valence-corrected chi connectivity index (χ2v) is 11.6. The molecule has 1 aliphatic rings. The minimum absolute atomic E-state index is 0.0438. The van der Waals surface area contributed by atoms with Crippen molar-refractivity contribution >= 4 is 35.2 Å². The first kappa shape index (κ1) is 32.7. The summed E-state index contributed by atoms with van der Waals surface area (Å²) in [6.07, 6.45) is -5.32. The zero-order valence-electron chi connectivity index (χ0n) is 24.3. The van der Waals surface area contributed by atoms with E-state index in [1.807, 2.05) is 0 Å². The highest BCUT2D eigenvalue weighted by molar-refractivity contribution is 6.33. The van der Waals surface area contributed by atoms with Crippen LogP contribution in [0.25, 0.3) is 11.1 Å². The van der Waals surface area contributed by atoms with Crippen molar-refractivity contribution in [3.05, 3.63) is 88.4 Å². The molecule has 13 heteroatoms. The molecule has 0 radical (unpaired) electrons. The van der Waals surface area contributed by atoms with Crippen molar-refractivity contribution in [2.75, 3.05) is 25.0 Å². The number of aliphatic imine (C=N–C) groups is 1. The van der Waals surface area contributed by atoms with Gasteiger partial charge in [0, 0.05) is 41.8 Å². The van der Waals surface area contributed by atoms with Crippen molar-refractivity contribution in [1.82, 2.24) is 9.80 Å². The van der Waals surface area contributed by atoms with Crippen LogP contribution in [0.15, 0.2) is 65.7 Å². The van der Waals surface area contributed by atoms with Crippen molar-refractivity contribution < 1.29 is 36.3 Å². The van der Waals surface area contributed by atoms with Crippen LogP contribution in [0.2, 0.25) is 5.02 Å². The van der Waals surface area contributed by atoms with E-state index in [2.05, 4.69) is 10.3 Å². The van der Waals surface area contributed by atoms with Gasteiger partial charge in [0.15, 0.2) is 0 Å². The number of halogens is 6. The quantitative estimate of drug-likeness (QED) is 0.179. The molecule has 0 spiro atoms. The molecule has 1 heterocycles. The summed E-state index contributed by atoms with van der Waals surface area (Å²) in [4.78, 5) is 32.8. The normalized spacial score (nSPS) is 16.1. The molecule has 234 valence electrons. The zero-order chi connectivity index (χ0) is 32.4. The number of carbonyl (C=O) groups excluding carboxylic acids is 2. The molecule has 44 heavy (non-hydrogen) atoms. The van der Waals surface area contributed by atoms with Crippen LogP contribution in [0.5, 0.6) is 0 Å². The lowest BCUT2D eigenvalue weighted by Gasteiger charge is -2.41. The number of ether oxygens (including phenoxy) is 1. The number of hydrogen-bond acceptors (Lipinski definition) is 3. The van der Waals surface area contributed by atoms with E-state index >= 15 is 4.39 Å². The lowest BCUT2D eigenvalue weighted by atomic mass is 10.0. The number of hydrogen-bond donors (Lipinski definition) is 1. The number of nitrogens with one attached hydrogen (secondary N) is 1. The molecule has 1 aliphatic heterocycles. The second kappa shape index (κ2) is 12.8. The van der Waals surface area contributed by atoms with Crippen molar-refractivity contribution in [2.24, 2.45) is 4.99 Å². The molecule has 4 rings (SSSR count). The van der Waals surface area contributed by atoms with Crippen LogP contribution >= 0.6 is 11.6 Å². The number of benzene rings is 3. The molecule has 3 aromatic rings. The van der Waals surface area contributed by atoms with Gasteiger partial charge in [0.2, 0.25) is 0 Å². The van der Waals surface area contributed by atoms with E-state index in [0.717, 1.165) is 18.2 Å². The van der Waals surface area contributed by atoms with Crippen molar-refractivity contribution in [2.45, 2.75) is 45.5 Å². The molecule has 1 saturated heterocycles. The van der Waals surface area contributed by atoms with Gasteiger partial charge in [-0.05, 0) is 58.0 Å². The van der Waals surface area contributed by atoms with E-state index in [1.54, 1.807) is 38.7 Å². The Labute approximate surface area is 256 Å². The van der Waals surface area contributed by atoms with E-state index in [-0.39, 0.29) is 47.2 Å². The highest BCUT2D eigenvalue weighted by atomic mass is 35.5. The third-order valence-corrected chi connectivity index (χ3v) is 7.01. The molecule has 3 aromatic carbocycles. The van der Waals surface area contributed by atoms with Gasteiger partial charge >= 0.3 is 18.3 Å². The Bertz CT molecular complexity index is 1590. The van der Waals surface area contributed by atoms with Gasteiger partial charge in [0.1, 0.15) is 23.1 Å². The van der Waals surface area contributed by atoms with Crippen LogP contribution < -0.4 is 5.32 Å². The summed E-state index contributed by atoms with van der Waals surface area (Å²) >= 11 is 6.49. The van der Waals surface area contributed by atoms with Crippen LogP contribution in [0, 0.1) is 11.6 Å². The third kappa shape index (κ3) is 7.65. The van der Waals surface area contributed by atoms with Crippen LogP contribution in [0.4, 0.5) is 37.2 Å². The second-order valence-electron chi connectivity index (χ2n) is 11.2. The van der Waals surface area contributed by atoms with Gasteiger partial charge in [-0.3, -0.25) is 0 Å². The summed E-state index contributed by atoms with van der Waals surface area (Å²) in [5, 5.41) is 2.09. The lowest BCUT2D eigenvalue weighted by Crippen LogP contribution is -2.56. The Hall–Kier alpha value is -4.19. The molecule has 0 aromatic heterocycles. The molecule has 3 amide bonds. The molecule has 0 saturated carbocycles. The number of piperazine rings is 1. The standard InChI is InChI=1S/C31H30ClF5N4O3/c1-18-17-40(29(43)44-30(2,3)4)13-14-41(18)27(39-28(42)38-26-12-8-6-10-22(26)31(35,36)37)21-15-23(32)20(16-25(21)34)19-9-5-7-11-24(19)33/h5-12,15-16,18H,13-14,17H2,1-4H3,(H,38,42)/b39-27-. The van der Waals surface area contributed by atoms with Gasteiger partial charge in [-0.1, -0.05) is 41.9 Å². The maximum Gasteiger partial charge on any atom is 0.418 e. The molecule has 1 N–H and O–H groups in total. The molecular formula is C31H30ClF5N4O3. The molecule has 7 nitrogen and oxygen atoms in total. The summed E-state index contributed by atoms with van der Waals surface area (Å²) < 4.78 is 76.4. The van der Waals surface area contributed by atoms with Gasteiger partial charge < -0.3 is 19.9 Å². The van der Waals surface area contributed by atoms with E-state index in [4.69, 9.17) is 16.3 Å². The largest absolute Gasteiger partial charge is 0.444 e. The Balaban J connectivity index is 1.74. The summed E-state index contributed by atoms with van der Waals surface area (Å²) in [5.74, 6) is -1.77. The van der Waals surface area contributed by atoms with Crippen LogP contribution in [-0.4, -0.2) is 59.0 Å². The van der Waals surface area contributed by atoms with Crippen molar-refractivity contribution in [3.63, 3.8) is 0 Å². The topological polar surface area (TPSA) is 74.2 Å². The van der Waals surface area contributed by atoms with E-state index in [0.29, 0.717) is 0 Å². The average molecular weight is 637 g/mol. The summed E-state index contributed by atoms with van der Waals surface area (Å²) in [6.45, 7) is 7.16. The Morgan fingerprint density at radius 3 is 2.25 bits per heavy atom. The van der Waals surface area contributed by atoms with Crippen LogP contribution in [0.3, 0.4) is 0 Å². The van der Waals surface area contributed by atoms with Gasteiger partial charge in [0.25, 0.3) is 0 Å². The van der Waals surface area contributed by atoms with Crippen LogP contribution in [0.1, 0.15) is 38.8 Å². The summed E-state index contributed by atoms with van der Waals surface area (Å²) in [5.41, 5.74) is -2.52. The van der Waals surface area contributed by atoms with Crippen molar-refractivity contribution in [3.8, 4) is 11.1 Å². The Morgan fingerprint density at radius 1 is 0.955 bits per heavy atom. The first-order valence-corrected chi connectivity index (χ1v) is 14.0. The van der Waals surface area contributed by atoms with Crippen molar-refractivity contribution in [1.29, 1.82) is 0 Å². The third-order valence-electron chi connectivity index (χ3n) is 6.69. The zero-order valence-corrected chi connectivity index (χ0v) is 25.1. The average Bonchev–Trinajstić information content (AvgIpc) is 2.92. The minimum Gasteiger partial charge on any atom is -0.444 e. The van der Waals surface area contributed by atoms with E-state index < -0.39 is 52.8 Å². The number of urea groups is 1. The fourth-order valence-corrected chi connectivity index (χ4v) is 4.99. The minimum atomic E-state index is -4.76. The molecule has 1 unspecified atom stereocenters. The smallest absolute Gasteiger partial charge is 0.418 e. The summed E-state index contributed by atoms with van der Waals surface area (Å²) in [6, 6.07) is 10.4. The first-order valence-electron chi connectivity index (χ1n) is 13.6. The highest BCUT2D eigenvalue weighted by Gasteiger charge is 2.35. The Kier molecular flexibility index (Phi) is 9.53. The number of rotatable bonds is 3. The fourth-order valence-electron chi connectivity index (χ4n) is 4.73. The molecule has 0 aliphatic carbocycles. The van der Waals surface area contributed by atoms with E-state index in [1.165, 1.54) is 41.3 Å². The fraction of sp³-hybridized carbons (Fsp3) is 0.323. The number of carbonyl (C=O) groups is 2. The number of nitrogens with zero attached hydrogens (tertiary/aromatic N) is 3. The van der Waals surface area contributed by atoms with Gasteiger partial charge in [-0.25, -0.2) is 18.4 Å². The van der Waals surface area contributed by atoms with Gasteiger partial charge in [-0.2, -0.15) is 18.2 Å². The molecular weight excluding hydrogens is 607 g/mol. The Morgan fingerprint density at radius 2 is 1.61 bits per heavy atom.